The van der Waals surface area contributed by atoms with Gasteiger partial charge < -0.3 is 10.2 Å². The van der Waals surface area contributed by atoms with Crippen molar-refractivity contribution in [1.82, 2.24) is 10.2 Å². The average Bonchev–Trinajstić information content (AvgIpc) is 3.00. The van der Waals surface area contributed by atoms with E-state index in [9.17, 15) is 22.4 Å². The first-order valence-corrected chi connectivity index (χ1v) is 15.7. The lowest BCUT2D eigenvalue weighted by atomic mass is 10.0. The van der Waals surface area contributed by atoms with Crippen molar-refractivity contribution in [3.05, 3.63) is 130 Å². The highest BCUT2D eigenvalue weighted by molar-refractivity contribution is 7.92. The predicted molar refractivity (Wildman–Crippen MR) is 167 cm³/mol. The Balaban J connectivity index is 1.79. The lowest BCUT2D eigenvalue weighted by Crippen LogP contribution is -2.53. The van der Waals surface area contributed by atoms with E-state index in [4.69, 9.17) is 23.2 Å². The van der Waals surface area contributed by atoms with Gasteiger partial charge in [-0.15, -0.1) is 0 Å². The number of sulfonamides is 1. The standard InChI is InChI=1S/C32H30Cl2FN3O4S/c1-2-36-32(40)30(20-23-9-5-3-6-10-23)37(21-24-13-18-28(33)29(34)19-24)31(39)22-38(26-11-7-4-8-12-26)43(41,42)27-16-14-25(35)15-17-27/h3-19,30H,2,20-22H2,1H3,(H,36,40). The first-order valence-electron chi connectivity index (χ1n) is 13.5. The molecule has 4 aromatic rings. The molecule has 2 amide bonds. The maximum Gasteiger partial charge on any atom is 0.264 e. The minimum atomic E-state index is -4.32. The van der Waals surface area contributed by atoms with E-state index in [1.165, 1.54) is 4.90 Å². The van der Waals surface area contributed by atoms with Gasteiger partial charge in [0.25, 0.3) is 10.0 Å². The summed E-state index contributed by atoms with van der Waals surface area (Å²) in [5.41, 5.74) is 1.63. The number of para-hydroxylation sites is 1. The van der Waals surface area contributed by atoms with Gasteiger partial charge in [-0.1, -0.05) is 77.8 Å². The van der Waals surface area contributed by atoms with Gasteiger partial charge in [0.2, 0.25) is 11.8 Å². The van der Waals surface area contributed by atoms with Gasteiger partial charge in [0.05, 0.1) is 20.6 Å². The molecule has 7 nitrogen and oxygen atoms in total. The molecule has 4 rings (SSSR count). The van der Waals surface area contributed by atoms with Crippen LogP contribution in [0.25, 0.3) is 0 Å². The molecule has 0 saturated carbocycles. The molecule has 0 fully saturated rings. The molecule has 0 spiro atoms. The fourth-order valence-corrected chi connectivity index (χ4v) is 6.27. The monoisotopic (exact) mass is 641 g/mol. The number of amides is 2. The number of hydrogen-bond acceptors (Lipinski definition) is 4. The second kappa shape index (κ2) is 14.5. The van der Waals surface area contributed by atoms with Crippen LogP contribution in [0.15, 0.2) is 108 Å². The average molecular weight is 643 g/mol. The molecule has 0 aliphatic rings. The fourth-order valence-electron chi connectivity index (χ4n) is 4.54. The lowest BCUT2D eigenvalue weighted by Gasteiger charge is -2.34. The Bertz CT molecular complexity index is 1660. The highest BCUT2D eigenvalue weighted by Gasteiger charge is 2.34. The van der Waals surface area contributed by atoms with Crippen LogP contribution >= 0.6 is 23.2 Å². The van der Waals surface area contributed by atoms with Crippen molar-refractivity contribution in [3.8, 4) is 0 Å². The minimum Gasteiger partial charge on any atom is -0.355 e. The zero-order valence-electron chi connectivity index (χ0n) is 23.3. The van der Waals surface area contributed by atoms with Crippen molar-refractivity contribution in [1.29, 1.82) is 0 Å². The van der Waals surface area contributed by atoms with Crippen molar-refractivity contribution in [3.63, 3.8) is 0 Å². The zero-order valence-corrected chi connectivity index (χ0v) is 25.6. The van der Waals surface area contributed by atoms with Crippen molar-refractivity contribution in [2.24, 2.45) is 0 Å². The number of hydrogen-bond donors (Lipinski definition) is 1. The van der Waals surface area contributed by atoms with Crippen LogP contribution in [0, 0.1) is 5.82 Å². The predicted octanol–water partition coefficient (Wildman–Crippen LogP) is 6.10. The summed E-state index contributed by atoms with van der Waals surface area (Å²) in [6, 6.07) is 25.6. The second-order valence-electron chi connectivity index (χ2n) is 9.67. The van der Waals surface area contributed by atoms with Gasteiger partial charge in [0, 0.05) is 19.5 Å². The highest BCUT2D eigenvalue weighted by atomic mass is 35.5. The summed E-state index contributed by atoms with van der Waals surface area (Å²) in [6.07, 6.45) is 0.176. The summed E-state index contributed by atoms with van der Waals surface area (Å²) in [6.45, 7) is 1.42. The molecule has 0 radical (unpaired) electrons. The van der Waals surface area contributed by atoms with Crippen molar-refractivity contribution < 1.29 is 22.4 Å². The lowest BCUT2D eigenvalue weighted by molar-refractivity contribution is -0.140. The molecule has 0 aliphatic heterocycles. The normalized spacial score (nSPS) is 11.9. The molecule has 0 aromatic heterocycles. The van der Waals surface area contributed by atoms with Gasteiger partial charge in [0.1, 0.15) is 18.4 Å². The van der Waals surface area contributed by atoms with Crippen LogP contribution in [-0.4, -0.2) is 44.3 Å². The molecule has 4 aromatic carbocycles. The number of likely N-dealkylation sites (N-methyl/N-ethyl adjacent to an activating group) is 1. The summed E-state index contributed by atoms with van der Waals surface area (Å²) in [7, 11) is -4.32. The number of benzene rings is 4. The molecule has 11 heteroatoms. The van der Waals surface area contributed by atoms with E-state index < -0.39 is 40.2 Å². The Morgan fingerprint density at radius 3 is 2.07 bits per heavy atom. The van der Waals surface area contributed by atoms with Gasteiger partial charge in [-0.25, -0.2) is 12.8 Å². The molecule has 43 heavy (non-hydrogen) atoms. The van der Waals surface area contributed by atoms with Gasteiger partial charge >= 0.3 is 0 Å². The van der Waals surface area contributed by atoms with Gasteiger partial charge in [-0.2, -0.15) is 0 Å². The van der Waals surface area contributed by atoms with Crippen LogP contribution in [0.2, 0.25) is 10.0 Å². The number of halogens is 3. The zero-order chi connectivity index (χ0) is 31.0. The number of rotatable bonds is 12. The van der Waals surface area contributed by atoms with E-state index in [0.29, 0.717) is 17.1 Å². The van der Waals surface area contributed by atoms with Crippen LogP contribution in [0.5, 0.6) is 0 Å². The third-order valence-electron chi connectivity index (χ3n) is 6.68. The van der Waals surface area contributed by atoms with E-state index >= 15 is 0 Å². The molecular formula is C32H30Cl2FN3O4S. The number of carbonyl (C=O) groups is 2. The number of carbonyl (C=O) groups excluding carboxylic acids is 2. The SMILES string of the molecule is CCNC(=O)C(Cc1ccccc1)N(Cc1ccc(Cl)c(Cl)c1)C(=O)CN(c1ccccc1)S(=O)(=O)c1ccc(F)cc1. The smallest absolute Gasteiger partial charge is 0.264 e. The summed E-state index contributed by atoms with van der Waals surface area (Å²) in [4.78, 5) is 28.9. The molecule has 1 unspecified atom stereocenters. The summed E-state index contributed by atoms with van der Waals surface area (Å²) in [5.74, 6) is -1.63. The molecule has 224 valence electrons. The summed E-state index contributed by atoms with van der Waals surface area (Å²) in [5, 5.41) is 3.41. The quantitative estimate of drug-likeness (QED) is 0.202. The molecule has 0 bridgehead atoms. The molecule has 0 heterocycles. The Kier molecular flexibility index (Phi) is 10.8. The van der Waals surface area contributed by atoms with Crippen LogP contribution in [0.1, 0.15) is 18.1 Å². The Hall–Kier alpha value is -3.92. The minimum absolute atomic E-state index is 0.0520. The molecule has 0 aliphatic carbocycles. The van der Waals surface area contributed by atoms with Gasteiger partial charge in [-0.3, -0.25) is 13.9 Å². The van der Waals surface area contributed by atoms with Crippen LogP contribution < -0.4 is 9.62 Å². The number of anilines is 1. The van der Waals surface area contributed by atoms with Crippen LogP contribution in [-0.2, 0) is 32.6 Å². The van der Waals surface area contributed by atoms with Crippen LogP contribution in [0.4, 0.5) is 10.1 Å². The first kappa shape index (κ1) is 32.0. The van der Waals surface area contributed by atoms with Crippen molar-refractivity contribution in [2.45, 2.75) is 30.8 Å². The first-order chi connectivity index (χ1) is 20.6. The van der Waals surface area contributed by atoms with Gasteiger partial charge in [0.15, 0.2) is 0 Å². The maximum absolute atomic E-state index is 14.3. The van der Waals surface area contributed by atoms with Crippen molar-refractivity contribution >= 4 is 50.7 Å². The molecular weight excluding hydrogens is 612 g/mol. The number of nitrogens with zero attached hydrogens (tertiary/aromatic N) is 2. The molecule has 1 N–H and O–H groups in total. The van der Waals surface area contributed by atoms with Gasteiger partial charge in [-0.05, 0) is 66.6 Å². The van der Waals surface area contributed by atoms with Crippen molar-refractivity contribution in [2.75, 3.05) is 17.4 Å². The Morgan fingerprint density at radius 2 is 1.47 bits per heavy atom. The summed E-state index contributed by atoms with van der Waals surface area (Å²) >= 11 is 12.4. The third-order valence-corrected chi connectivity index (χ3v) is 9.21. The van der Waals surface area contributed by atoms with Crippen LogP contribution in [0.3, 0.4) is 0 Å². The highest BCUT2D eigenvalue weighted by Crippen LogP contribution is 2.27. The van der Waals surface area contributed by atoms with E-state index in [2.05, 4.69) is 5.32 Å². The largest absolute Gasteiger partial charge is 0.355 e. The molecule has 1 atom stereocenters. The van der Waals surface area contributed by atoms with E-state index in [0.717, 1.165) is 34.1 Å². The second-order valence-corrected chi connectivity index (χ2v) is 12.3. The van der Waals surface area contributed by atoms with E-state index in [-0.39, 0.29) is 28.6 Å². The Labute approximate surface area is 260 Å². The third kappa shape index (κ3) is 8.13. The topological polar surface area (TPSA) is 86.8 Å². The summed E-state index contributed by atoms with van der Waals surface area (Å²) < 4.78 is 42.3. The molecule has 0 saturated heterocycles. The Morgan fingerprint density at radius 1 is 0.837 bits per heavy atom. The fraction of sp³-hybridized carbons (Fsp3) is 0.188. The van der Waals surface area contributed by atoms with E-state index in [1.54, 1.807) is 55.5 Å². The van der Waals surface area contributed by atoms with E-state index in [1.807, 2.05) is 30.3 Å². The number of nitrogens with one attached hydrogen (secondary N) is 1. The maximum atomic E-state index is 14.3.